The number of thiophene rings is 1. The number of carbonyl (C=O) groups excluding carboxylic acids is 1. The highest BCUT2D eigenvalue weighted by Gasteiger charge is 2.11. The molecule has 0 aliphatic heterocycles. The first-order valence-electron chi connectivity index (χ1n) is 6.77. The van der Waals surface area contributed by atoms with Gasteiger partial charge in [0.1, 0.15) is 0 Å². The van der Waals surface area contributed by atoms with Crippen molar-refractivity contribution in [1.29, 1.82) is 0 Å². The average Bonchev–Trinajstić information content (AvgIpc) is 3.18. The minimum atomic E-state index is -0.480. The lowest BCUT2D eigenvalue weighted by Crippen LogP contribution is -2.14. The molecule has 0 atom stereocenters. The fraction of sp³-hybridized carbons (Fsp3) is 0.125. The zero-order valence-corrected chi connectivity index (χ0v) is 13.8. The van der Waals surface area contributed by atoms with Crippen molar-refractivity contribution in [3.8, 4) is 16.3 Å². The van der Waals surface area contributed by atoms with E-state index in [2.05, 4.69) is 10.3 Å². The van der Waals surface area contributed by atoms with E-state index in [4.69, 9.17) is 4.74 Å². The number of rotatable bonds is 5. The molecule has 7 heteroatoms. The fourth-order valence-corrected chi connectivity index (χ4v) is 3.52. The summed E-state index contributed by atoms with van der Waals surface area (Å²) in [5, 5.41) is 7.15. The second-order valence-electron chi connectivity index (χ2n) is 4.71. The van der Waals surface area contributed by atoms with Crippen LogP contribution in [0.4, 0.5) is 9.52 Å². The summed E-state index contributed by atoms with van der Waals surface area (Å²) in [6.07, 6.45) is 0.0782. The average molecular weight is 348 g/mol. The number of hydrogen-bond acceptors (Lipinski definition) is 5. The monoisotopic (exact) mass is 348 g/mol. The van der Waals surface area contributed by atoms with Gasteiger partial charge >= 0.3 is 0 Å². The zero-order valence-electron chi connectivity index (χ0n) is 12.2. The van der Waals surface area contributed by atoms with Gasteiger partial charge in [0.25, 0.3) is 0 Å². The molecule has 0 saturated heterocycles. The lowest BCUT2D eigenvalue weighted by Gasteiger charge is -2.05. The summed E-state index contributed by atoms with van der Waals surface area (Å²) in [5.74, 6) is -0.552. The largest absolute Gasteiger partial charge is 0.494 e. The molecule has 0 radical (unpaired) electrons. The van der Waals surface area contributed by atoms with Gasteiger partial charge in [0.05, 0.1) is 24.1 Å². The number of carbonyl (C=O) groups is 1. The molecule has 0 fully saturated rings. The Hall–Kier alpha value is -2.25. The van der Waals surface area contributed by atoms with Crippen LogP contribution in [0.3, 0.4) is 0 Å². The Morgan fingerprint density at radius 3 is 2.91 bits per heavy atom. The predicted molar refractivity (Wildman–Crippen MR) is 90.7 cm³/mol. The summed E-state index contributed by atoms with van der Waals surface area (Å²) in [6, 6.07) is 8.41. The molecule has 0 aliphatic rings. The van der Waals surface area contributed by atoms with Crippen molar-refractivity contribution in [2.45, 2.75) is 6.42 Å². The Balaban J connectivity index is 1.64. The molecule has 0 unspecified atom stereocenters. The summed E-state index contributed by atoms with van der Waals surface area (Å²) in [7, 11) is 1.40. The number of nitrogens with one attached hydrogen (secondary N) is 1. The van der Waals surface area contributed by atoms with E-state index in [1.54, 1.807) is 17.4 Å². The number of hydrogen-bond donors (Lipinski definition) is 1. The van der Waals surface area contributed by atoms with Crippen LogP contribution in [0.5, 0.6) is 5.75 Å². The molecule has 23 heavy (non-hydrogen) atoms. The van der Waals surface area contributed by atoms with E-state index in [9.17, 15) is 9.18 Å². The molecule has 1 amide bonds. The van der Waals surface area contributed by atoms with Crippen molar-refractivity contribution < 1.29 is 13.9 Å². The molecule has 0 spiro atoms. The molecule has 3 aromatic rings. The molecular formula is C16H13FN2O2S2. The van der Waals surface area contributed by atoms with Gasteiger partial charge in [-0.1, -0.05) is 12.1 Å². The predicted octanol–water partition coefficient (Wildman–Crippen LogP) is 4.20. The number of benzene rings is 1. The highest BCUT2D eigenvalue weighted by Crippen LogP contribution is 2.28. The van der Waals surface area contributed by atoms with Gasteiger partial charge in [-0.05, 0) is 29.1 Å². The van der Waals surface area contributed by atoms with Gasteiger partial charge in [0.2, 0.25) is 5.91 Å². The minimum absolute atomic E-state index is 0.0782. The second kappa shape index (κ2) is 6.89. The number of ether oxygens (including phenoxy) is 1. The van der Waals surface area contributed by atoms with E-state index in [0.717, 1.165) is 10.6 Å². The third-order valence-electron chi connectivity index (χ3n) is 3.11. The SMILES string of the molecule is COc1ccc(CC(=O)Nc2nc(-c3cccs3)cs2)cc1F. The van der Waals surface area contributed by atoms with Crippen LogP contribution in [0, 0.1) is 5.82 Å². The van der Waals surface area contributed by atoms with Crippen LogP contribution in [0.15, 0.2) is 41.1 Å². The van der Waals surface area contributed by atoms with Crippen molar-refractivity contribution in [2.75, 3.05) is 12.4 Å². The highest BCUT2D eigenvalue weighted by atomic mass is 32.1. The van der Waals surface area contributed by atoms with E-state index < -0.39 is 5.82 Å². The first kappa shape index (κ1) is 15.6. The number of aromatic nitrogens is 1. The highest BCUT2D eigenvalue weighted by molar-refractivity contribution is 7.16. The molecule has 118 valence electrons. The Morgan fingerprint density at radius 2 is 2.22 bits per heavy atom. The standard InChI is InChI=1S/C16H13FN2O2S2/c1-21-13-5-4-10(7-11(13)17)8-15(20)19-16-18-12(9-23-16)14-3-2-6-22-14/h2-7,9H,8H2,1H3,(H,18,19,20). The van der Waals surface area contributed by atoms with Crippen molar-refractivity contribution >= 4 is 33.7 Å². The topological polar surface area (TPSA) is 51.2 Å². The molecule has 0 bridgehead atoms. The van der Waals surface area contributed by atoms with E-state index >= 15 is 0 Å². The summed E-state index contributed by atoms with van der Waals surface area (Å²) in [4.78, 5) is 17.5. The van der Waals surface area contributed by atoms with Crippen LogP contribution in [0.2, 0.25) is 0 Å². The summed E-state index contributed by atoms with van der Waals surface area (Å²) in [5.41, 5.74) is 1.42. The normalized spacial score (nSPS) is 10.5. The van der Waals surface area contributed by atoms with Crippen LogP contribution < -0.4 is 10.1 Å². The van der Waals surface area contributed by atoms with Gasteiger partial charge < -0.3 is 10.1 Å². The summed E-state index contributed by atoms with van der Waals surface area (Å²) >= 11 is 2.96. The Labute approximate surface area is 140 Å². The van der Waals surface area contributed by atoms with E-state index in [-0.39, 0.29) is 18.1 Å². The third-order valence-corrected chi connectivity index (χ3v) is 4.76. The van der Waals surface area contributed by atoms with Crippen LogP contribution in [-0.2, 0) is 11.2 Å². The van der Waals surface area contributed by atoms with Crippen LogP contribution in [0.1, 0.15) is 5.56 Å². The lowest BCUT2D eigenvalue weighted by molar-refractivity contribution is -0.115. The molecule has 3 rings (SSSR count). The van der Waals surface area contributed by atoms with Gasteiger partial charge in [-0.25, -0.2) is 9.37 Å². The second-order valence-corrected chi connectivity index (χ2v) is 6.51. The maximum absolute atomic E-state index is 13.6. The molecule has 1 N–H and O–H groups in total. The molecule has 2 heterocycles. The molecule has 2 aromatic heterocycles. The Morgan fingerprint density at radius 1 is 1.35 bits per heavy atom. The van der Waals surface area contributed by atoms with E-state index in [1.165, 1.54) is 30.6 Å². The molecule has 4 nitrogen and oxygen atoms in total. The van der Waals surface area contributed by atoms with Crippen LogP contribution in [0.25, 0.3) is 10.6 Å². The first-order chi connectivity index (χ1) is 11.2. The minimum Gasteiger partial charge on any atom is -0.494 e. The van der Waals surface area contributed by atoms with Gasteiger partial charge in [-0.3, -0.25) is 4.79 Å². The number of methoxy groups -OCH3 is 1. The van der Waals surface area contributed by atoms with E-state index in [1.807, 2.05) is 22.9 Å². The number of nitrogens with zero attached hydrogens (tertiary/aromatic N) is 1. The molecular weight excluding hydrogens is 335 g/mol. The van der Waals surface area contributed by atoms with Crippen molar-refractivity contribution in [2.24, 2.45) is 0 Å². The number of halogens is 1. The van der Waals surface area contributed by atoms with Gasteiger partial charge in [-0.2, -0.15) is 0 Å². The lowest BCUT2D eigenvalue weighted by atomic mass is 10.1. The maximum Gasteiger partial charge on any atom is 0.230 e. The van der Waals surface area contributed by atoms with Crippen LogP contribution >= 0.6 is 22.7 Å². The summed E-state index contributed by atoms with van der Waals surface area (Å²) < 4.78 is 18.5. The quantitative estimate of drug-likeness (QED) is 0.752. The van der Waals surface area contributed by atoms with Gasteiger partial charge in [-0.15, -0.1) is 22.7 Å². The molecule has 0 aliphatic carbocycles. The molecule has 0 saturated carbocycles. The smallest absolute Gasteiger partial charge is 0.230 e. The van der Waals surface area contributed by atoms with Crippen molar-refractivity contribution in [1.82, 2.24) is 4.98 Å². The Bertz CT molecular complexity index is 815. The van der Waals surface area contributed by atoms with E-state index in [0.29, 0.717) is 10.7 Å². The van der Waals surface area contributed by atoms with Crippen LogP contribution in [-0.4, -0.2) is 18.0 Å². The summed E-state index contributed by atoms with van der Waals surface area (Å²) in [6.45, 7) is 0. The third kappa shape index (κ3) is 3.75. The van der Waals surface area contributed by atoms with Gasteiger partial charge in [0.15, 0.2) is 16.7 Å². The fourth-order valence-electron chi connectivity index (χ4n) is 2.04. The number of anilines is 1. The van der Waals surface area contributed by atoms with Gasteiger partial charge in [0, 0.05) is 5.38 Å². The number of thiazole rings is 1. The Kier molecular flexibility index (Phi) is 4.68. The van der Waals surface area contributed by atoms with Crippen molar-refractivity contribution in [3.05, 3.63) is 52.5 Å². The number of amides is 1. The zero-order chi connectivity index (χ0) is 16.2. The van der Waals surface area contributed by atoms with Crippen molar-refractivity contribution in [3.63, 3.8) is 0 Å². The maximum atomic E-state index is 13.6. The molecule has 1 aromatic carbocycles. The first-order valence-corrected chi connectivity index (χ1v) is 8.53.